The Morgan fingerprint density at radius 3 is 2.87 bits per heavy atom. The molecule has 0 aliphatic carbocycles. The number of hydrogen-bond acceptors (Lipinski definition) is 4. The number of ether oxygens (including phenoxy) is 1. The number of carbonyl (C=O) groups is 1. The second kappa shape index (κ2) is 8.70. The number of rotatable bonds is 8. The minimum atomic E-state index is -0.728. The number of hydrogen-bond donors (Lipinski definition) is 2. The Kier molecular flexibility index (Phi) is 6.62. The third kappa shape index (κ3) is 5.69. The van der Waals surface area contributed by atoms with Gasteiger partial charge in [-0.1, -0.05) is 12.1 Å². The van der Waals surface area contributed by atoms with Gasteiger partial charge in [-0.3, -0.25) is 4.79 Å². The Morgan fingerprint density at radius 1 is 1.35 bits per heavy atom. The van der Waals surface area contributed by atoms with Crippen LogP contribution < -0.4 is 10.1 Å². The number of methoxy groups -OCH3 is 1. The maximum absolute atomic E-state index is 11.9. The Bertz CT molecular complexity index is 639. The second-order valence-electron chi connectivity index (χ2n) is 5.46. The second-order valence-corrected chi connectivity index (χ2v) is 6.83. The zero-order valence-electron chi connectivity index (χ0n) is 13.5. The lowest BCUT2D eigenvalue weighted by Crippen LogP contribution is -2.28. The lowest BCUT2D eigenvalue weighted by Gasteiger charge is -2.13. The van der Waals surface area contributed by atoms with E-state index in [1.54, 1.807) is 24.5 Å². The van der Waals surface area contributed by atoms with Crippen LogP contribution in [-0.2, 0) is 11.2 Å². The summed E-state index contributed by atoms with van der Waals surface area (Å²) >= 11 is 1.77. The van der Waals surface area contributed by atoms with Crippen LogP contribution in [0.1, 0.15) is 34.3 Å². The zero-order valence-corrected chi connectivity index (χ0v) is 14.4. The van der Waals surface area contributed by atoms with Gasteiger partial charge in [0.25, 0.3) is 0 Å². The van der Waals surface area contributed by atoms with E-state index in [2.05, 4.69) is 24.4 Å². The highest BCUT2D eigenvalue weighted by atomic mass is 32.1. The van der Waals surface area contributed by atoms with Crippen molar-refractivity contribution < 1.29 is 14.6 Å². The van der Waals surface area contributed by atoms with Crippen molar-refractivity contribution in [3.63, 3.8) is 0 Å². The molecule has 1 unspecified atom stereocenters. The summed E-state index contributed by atoms with van der Waals surface area (Å²) in [7, 11) is 1.59. The van der Waals surface area contributed by atoms with Gasteiger partial charge in [0.2, 0.25) is 5.91 Å². The fraction of sp³-hybridized carbons (Fsp3) is 0.389. The number of aliphatic hydroxyl groups excluding tert-OH is 1. The lowest BCUT2D eigenvalue weighted by molar-refractivity contribution is -0.121. The van der Waals surface area contributed by atoms with Crippen LogP contribution in [-0.4, -0.2) is 24.7 Å². The standard InChI is InChI=1S/C18H23NO3S/c1-13-9-10-16(23-13)7-4-8-18(21)19-12-17(20)14-5-3-6-15(11-14)22-2/h3,5-6,9-11,17,20H,4,7-8,12H2,1-2H3,(H,19,21). The highest BCUT2D eigenvalue weighted by Crippen LogP contribution is 2.19. The number of nitrogens with one attached hydrogen (secondary N) is 1. The average Bonchev–Trinajstić information content (AvgIpc) is 2.98. The molecule has 2 aromatic rings. The van der Waals surface area contributed by atoms with Crippen molar-refractivity contribution in [1.29, 1.82) is 0 Å². The van der Waals surface area contributed by atoms with Crippen LogP contribution in [0.5, 0.6) is 5.75 Å². The van der Waals surface area contributed by atoms with Gasteiger partial charge in [-0.05, 0) is 49.6 Å². The maximum atomic E-state index is 11.9. The van der Waals surface area contributed by atoms with Gasteiger partial charge in [0, 0.05) is 22.7 Å². The third-order valence-electron chi connectivity index (χ3n) is 3.59. The van der Waals surface area contributed by atoms with Crippen molar-refractivity contribution in [2.75, 3.05) is 13.7 Å². The van der Waals surface area contributed by atoms with E-state index in [4.69, 9.17) is 4.74 Å². The first-order valence-corrected chi connectivity index (χ1v) is 8.54. The Morgan fingerprint density at radius 2 is 2.17 bits per heavy atom. The van der Waals surface area contributed by atoms with Crippen molar-refractivity contribution in [3.8, 4) is 5.75 Å². The molecule has 1 amide bonds. The molecule has 0 radical (unpaired) electrons. The van der Waals surface area contributed by atoms with Gasteiger partial charge in [0.05, 0.1) is 13.2 Å². The first kappa shape index (κ1) is 17.5. The van der Waals surface area contributed by atoms with E-state index in [-0.39, 0.29) is 12.5 Å². The number of amides is 1. The van der Waals surface area contributed by atoms with E-state index in [1.807, 2.05) is 18.2 Å². The van der Waals surface area contributed by atoms with Crippen LogP contribution in [0.3, 0.4) is 0 Å². The summed E-state index contributed by atoms with van der Waals surface area (Å²) in [6.07, 6.45) is 1.49. The molecule has 4 nitrogen and oxygen atoms in total. The molecule has 1 atom stereocenters. The highest BCUT2D eigenvalue weighted by molar-refractivity contribution is 7.11. The summed E-state index contributed by atoms with van der Waals surface area (Å²) in [6.45, 7) is 2.30. The number of aryl methyl sites for hydroxylation is 2. The van der Waals surface area contributed by atoms with E-state index in [0.29, 0.717) is 12.2 Å². The SMILES string of the molecule is COc1cccc(C(O)CNC(=O)CCCc2ccc(C)s2)c1. The topological polar surface area (TPSA) is 58.6 Å². The summed E-state index contributed by atoms with van der Waals surface area (Å²) in [5.41, 5.74) is 0.735. The van der Waals surface area contributed by atoms with Gasteiger partial charge in [0.1, 0.15) is 5.75 Å². The van der Waals surface area contributed by atoms with Crippen LogP contribution in [0.2, 0.25) is 0 Å². The van der Waals surface area contributed by atoms with Crippen molar-refractivity contribution >= 4 is 17.2 Å². The minimum absolute atomic E-state index is 0.0276. The predicted octanol–water partition coefficient (Wildman–Crippen LogP) is 3.24. The third-order valence-corrected chi connectivity index (χ3v) is 4.65. The molecule has 23 heavy (non-hydrogen) atoms. The largest absolute Gasteiger partial charge is 0.497 e. The van der Waals surface area contributed by atoms with Crippen molar-refractivity contribution in [2.24, 2.45) is 0 Å². The van der Waals surface area contributed by atoms with Gasteiger partial charge in [-0.15, -0.1) is 11.3 Å². The predicted molar refractivity (Wildman–Crippen MR) is 93.0 cm³/mol. The molecular formula is C18H23NO3S. The number of aliphatic hydroxyl groups is 1. The molecule has 2 N–H and O–H groups in total. The summed E-state index contributed by atoms with van der Waals surface area (Å²) in [6, 6.07) is 11.5. The Hall–Kier alpha value is -1.85. The van der Waals surface area contributed by atoms with E-state index in [9.17, 15) is 9.90 Å². The molecule has 2 rings (SSSR count). The number of carbonyl (C=O) groups excluding carboxylic acids is 1. The lowest BCUT2D eigenvalue weighted by atomic mass is 10.1. The number of benzene rings is 1. The number of thiophene rings is 1. The van der Waals surface area contributed by atoms with Crippen molar-refractivity contribution in [2.45, 2.75) is 32.3 Å². The monoisotopic (exact) mass is 333 g/mol. The minimum Gasteiger partial charge on any atom is -0.497 e. The molecule has 1 aromatic heterocycles. The fourth-order valence-corrected chi connectivity index (χ4v) is 3.24. The van der Waals surface area contributed by atoms with E-state index >= 15 is 0 Å². The van der Waals surface area contributed by atoms with Crippen LogP contribution in [0.15, 0.2) is 36.4 Å². The van der Waals surface area contributed by atoms with E-state index in [1.165, 1.54) is 9.75 Å². The molecule has 124 valence electrons. The molecule has 0 bridgehead atoms. The molecule has 0 spiro atoms. The smallest absolute Gasteiger partial charge is 0.220 e. The van der Waals surface area contributed by atoms with Crippen molar-refractivity contribution in [1.82, 2.24) is 5.32 Å². The molecule has 1 heterocycles. The molecule has 0 fully saturated rings. The van der Waals surface area contributed by atoms with Gasteiger partial charge >= 0.3 is 0 Å². The normalized spacial score (nSPS) is 12.0. The molecule has 1 aromatic carbocycles. The molecule has 0 saturated carbocycles. The highest BCUT2D eigenvalue weighted by Gasteiger charge is 2.10. The van der Waals surface area contributed by atoms with Gasteiger partial charge in [-0.25, -0.2) is 0 Å². The first-order valence-electron chi connectivity index (χ1n) is 7.72. The molecule has 0 aliphatic rings. The molecule has 0 saturated heterocycles. The van der Waals surface area contributed by atoms with Crippen LogP contribution in [0.4, 0.5) is 0 Å². The fourth-order valence-electron chi connectivity index (χ4n) is 2.31. The summed E-state index contributed by atoms with van der Waals surface area (Å²) < 4.78 is 5.13. The first-order chi connectivity index (χ1) is 11.1. The van der Waals surface area contributed by atoms with Crippen LogP contribution >= 0.6 is 11.3 Å². The summed E-state index contributed by atoms with van der Waals surface area (Å²) in [5, 5.41) is 12.9. The van der Waals surface area contributed by atoms with Crippen LogP contribution in [0.25, 0.3) is 0 Å². The summed E-state index contributed by atoms with van der Waals surface area (Å²) in [5.74, 6) is 0.666. The molecule has 5 heteroatoms. The average molecular weight is 333 g/mol. The maximum Gasteiger partial charge on any atom is 0.220 e. The van der Waals surface area contributed by atoms with Gasteiger partial charge in [-0.2, -0.15) is 0 Å². The Balaban J connectivity index is 1.70. The Labute approximate surface area is 141 Å². The molecular weight excluding hydrogens is 310 g/mol. The summed E-state index contributed by atoms with van der Waals surface area (Å²) in [4.78, 5) is 14.5. The van der Waals surface area contributed by atoms with E-state index < -0.39 is 6.10 Å². The van der Waals surface area contributed by atoms with Gasteiger partial charge < -0.3 is 15.2 Å². The van der Waals surface area contributed by atoms with E-state index in [0.717, 1.165) is 18.4 Å². The quantitative estimate of drug-likeness (QED) is 0.780. The molecule has 0 aliphatic heterocycles. The zero-order chi connectivity index (χ0) is 16.7. The van der Waals surface area contributed by atoms with Crippen molar-refractivity contribution in [3.05, 3.63) is 51.7 Å². The van der Waals surface area contributed by atoms with Gasteiger partial charge in [0.15, 0.2) is 0 Å². The van der Waals surface area contributed by atoms with Crippen LogP contribution in [0, 0.1) is 6.92 Å².